The predicted molar refractivity (Wildman–Crippen MR) is 76.1 cm³/mol. The van der Waals surface area contributed by atoms with Gasteiger partial charge in [-0.3, -0.25) is 4.79 Å². The van der Waals surface area contributed by atoms with Crippen molar-refractivity contribution in [3.63, 3.8) is 0 Å². The summed E-state index contributed by atoms with van der Waals surface area (Å²) in [7, 11) is 4.69. The number of amides is 1. The van der Waals surface area contributed by atoms with Gasteiger partial charge in [-0.25, -0.2) is 0 Å². The third-order valence-corrected chi connectivity index (χ3v) is 2.84. The fourth-order valence-electron chi connectivity index (χ4n) is 1.75. The normalized spacial score (nSPS) is 11.8. The minimum atomic E-state index is -0.634. The molecular weight excluding hydrogens is 260 g/mol. The van der Waals surface area contributed by atoms with Crippen LogP contribution in [0.5, 0.6) is 11.5 Å². The lowest BCUT2D eigenvalue weighted by Gasteiger charge is -2.12. The monoisotopic (exact) mass is 282 g/mol. The highest BCUT2D eigenvalue weighted by Gasteiger charge is 2.12. The Bertz CT molecular complexity index is 437. The molecule has 0 heterocycles. The Labute approximate surface area is 119 Å². The molecule has 0 radical (unpaired) electrons. The van der Waals surface area contributed by atoms with E-state index in [-0.39, 0.29) is 12.5 Å². The maximum Gasteiger partial charge on any atom is 0.239 e. The van der Waals surface area contributed by atoms with Crippen molar-refractivity contribution in [1.29, 1.82) is 0 Å². The average Bonchev–Trinajstić information content (AvgIpc) is 2.47. The van der Waals surface area contributed by atoms with Crippen LogP contribution in [0, 0.1) is 0 Å². The summed E-state index contributed by atoms with van der Waals surface area (Å²) >= 11 is 0. The Hall–Kier alpha value is -1.79. The summed E-state index contributed by atoms with van der Waals surface area (Å²) in [6.45, 7) is 0.716. The predicted octanol–water partition coefficient (Wildman–Crippen LogP) is 0.336. The third-order valence-electron chi connectivity index (χ3n) is 2.84. The Morgan fingerprint density at radius 2 is 1.95 bits per heavy atom. The van der Waals surface area contributed by atoms with Crippen molar-refractivity contribution >= 4 is 5.91 Å². The Balaban J connectivity index is 2.48. The van der Waals surface area contributed by atoms with Gasteiger partial charge in [-0.15, -0.1) is 0 Å². The van der Waals surface area contributed by atoms with E-state index in [9.17, 15) is 4.79 Å². The molecule has 6 heteroatoms. The van der Waals surface area contributed by atoms with E-state index in [0.717, 1.165) is 5.56 Å². The number of hydrogen-bond donors (Lipinski definition) is 2. The number of carbonyl (C=O) groups excluding carboxylic acids is 1. The maximum atomic E-state index is 11.6. The molecule has 0 aromatic heterocycles. The first kappa shape index (κ1) is 16.3. The summed E-state index contributed by atoms with van der Waals surface area (Å²) in [6, 6.07) is 5.03. The molecule has 1 amide bonds. The number of ether oxygens (including phenoxy) is 3. The summed E-state index contributed by atoms with van der Waals surface area (Å²) in [5.41, 5.74) is 6.66. The molecule has 0 spiro atoms. The Kier molecular flexibility index (Phi) is 6.83. The second-order valence-corrected chi connectivity index (χ2v) is 4.29. The molecular formula is C14H22N2O4. The molecule has 0 aliphatic carbocycles. The lowest BCUT2D eigenvalue weighted by atomic mass is 10.1. The van der Waals surface area contributed by atoms with Gasteiger partial charge in [0.2, 0.25) is 5.91 Å². The van der Waals surface area contributed by atoms with Gasteiger partial charge in [0.1, 0.15) is 6.04 Å². The molecule has 3 N–H and O–H groups in total. The minimum absolute atomic E-state index is 0.211. The van der Waals surface area contributed by atoms with Crippen LogP contribution in [0.4, 0.5) is 0 Å². The van der Waals surface area contributed by atoms with E-state index < -0.39 is 6.04 Å². The molecule has 112 valence electrons. The molecule has 0 fully saturated rings. The van der Waals surface area contributed by atoms with Crippen molar-refractivity contribution in [3.05, 3.63) is 23.8 Å². The topological polar surface area (TPSA) is 82.8 Å². The highest BCUT2D eigenvalue weighted by Crippen LogP contribution is 2.27. The van der Waals surface area contributed by atoms with Crippen LogP contribution in [0.1, 0.15) is 5.56 Å². The standard InChI is InChI=1S/C14H22N2O4/c1-18-9-11(15)14(17)16-7-6-10-4-5-12(19-2)13(8-10)20-3/h4-5,8,11H,6-7,9,15H2,1-3H3,(H,16,17). The van der Waals surface area contributed by atoms with Crippen LogP contribution < -0.4 is 20.5 Å². The van der Waals surface area contributed by atoms with E-state index >= 15 is 0 Å². The highest BCUT2D eigenvalue weighted by atomic mass is 16.5. The van der Waals surface area contributed by atoms with Crippen molar-refractivity contribution < 1.29 is 19.0 Å². The second-order valence-electron chi connectivity index (χ2n) is 4.29. The molecule has 6 nitrogen and oxygen atoms in total. The number of nitrogens with one attached hydrogen (secondary N) is 1. The van der Waals surface area contributed by atoms with Crippen LogP contribution in [0.3, 0.4) is 0 Å². The summed E-state index contributed by atoms with van der Waals surface area (Å²) in [6.07, 6.45) is 0.686. The van der Waals surface area contributed by atoms with Crippen molar-refractivity contribution in [1.82, 2.24) is 5.32 Å². The second kappa shape index (κ2) is 8.39. The molecule has 0 saturated carbocycles. The van der Waals surface area contributed by atoms with Gasteiger partial charge in [-0.05, 0) is 24.1 Å². The molecule has 1 aromatic carbocycles. The highest BCUT2D eigenvalue weighted by molar-refractivity contribution is 5.81. The van der Waals surface area contributed by atoms with Crippen LogP contribution in [-0.4, -0.2) is 46.4 Å². The first-order valence-corrected chi connectivity index (χ1v) is 6.35. The molecule has 0 bridgehead atoms. The van der Waals surface area contributed by atoms with Gasteiger partial charge in [0.25, 0.3) is 0 Å². The van der Waals surface area contributed by atoms with Gasteiger partial charge in [0.15, 0.2) is 11.5 Å². The van der Waals surface area contributed by atoms with Crippen molar-refractivity contribution in [2.75, 3.05) is 34.5 Å². The number of hydrogen-bond acceptors (Lipinski definition) is 5. The molecule has 20 heavy (non-hydrogen) atoms. The summed E-state index contributed by atoms with van der Waals surface area (Å²) in [5.74, 6) is 1.14. The molecule has 1 aromatic rings. The number of carbonyl (C=O) groups is 1. The summed E-state index contributed by atoms with van der Waals surface area (Å²) in [5, 5.41) is 2.77. The number of methoxy groups -OCH3 is 3. The first-order valence-electron chi connectivity index (χ1n) is 6.35. The van der Waals surface area contributed by atoms with Crippen LogP contribution in [0.15, 0.2) is 18.2 Å². The van der Waals surface area contributed by atoms with Crippen LogP contribution in [0.25, 0.3) is 0 Å². The number of nitrogens with two attached hydrogens (primary N) is 1. The summed E-state index contributed by atoms with van der Waals surface area (Å²) in [4.78, 5) is 11.6. The SMILES string of the molecule is COCC(N)C(=O)NCCc1ccc(OC)c(OC)c1. The van der Waals surface area contributed by atoms with E-state index in [1.165, 1.54) is 7.11 Å². The molecule has 0 aliphatic heterocycles. The first-order chi connectivity index (χ1) is 9.62. The molecule has 0 saturated heterocycles. The van der Waals surface area contributed by atoms with E-state index in [1.54, 1.807) is 14.2 Å². The molecule has 0 aliphatic rings. The average molecular weight is 282 g/mol. The van der Waals surface area contributed by atoms with E-state index in [1.807, 2.05) is 18.2 Å². The summed E-state index contributed by atoms with van der Waals surface area (Å²) < 4.78 is 15.2. The van der Waals surface area contributed by atoms with Gasteiger partial charge in [0.05, 0.1) is 20.8 Å². The molecule has 1 unspecified atom stereocenters. The lowest BCUT2D eigenvalue weighted by Crippen LogP contribution is -2.44. The zero-order chi connectivity index (χ0) is 15.0. The van der Waals surface area contributed by atoms with Gasteiger partial charge in [-0.1, -0.05) is 6.07 Å². The Morgan fingerprint density at radius 3 is 2.55 bits per heavy atom. The lowest BCUT2D eigenvalue weighted by molar-refractivity contribution is -0.123. The molecule has 1 atom stereocenters. The zero-order valence-corrected chi connectivity index (χ0v) is 12.1. The van der Waals surface area contributed by atoms with E-state index in [0.29, 0.717) is 24.5 Å². The fourth-order valence-corrected chi connectivity index (χ4v) is 1.75. The van der Waals surface area contributed by atoms with Gasteiger partial charge in [-0.2, -0.15) is 0 Å². The van der Waals surface area contributed by atoms with Gasteiger partial charge < -0.3 is 25.3 Å². The van der Waals surface area contributed by atoms with Crippen molar-refractivity contribution in [3.8, 4) is 11.5 Å². The van der Waals surface area contributed by atoms with Crippen LogP contribution in [0.2, 0.25) is 0 Å². The van der Waals surface area contributed by atoms with Gasteiger partial charge in [0, 0.05) is 13.7 Å². The van der Waals surface area contributed by atoms with Crippen molar-refractivity contribution in [2.45, 2.75) is 12.5 Å². The Morgan fingerprint density at radius 1 is 1.25 bits per heavy atom. The zero-order valence-electron chi connectivity index (χ0n) is 12.1. The van der Waals surface area contributed by atoms with E-state index in [2.05, 4.69) is 5.32 Å². The minimum Gasteiger partial charge on any atom is -0.493 e. The molecule has 1 rings (SSSR count). The van der Waals surface area contributed by atoms with E-state index in [4.69, 9.17) is 19.9 Å². The quantitative estimate of drug-likeness (QED) is 0.718. The largest absolute Gasteiger partial charge is 0.493 e. The fraction of sp³-hybridized carbons (Fsp3) is 0.500. The van der Waals surface area contributed by atoms with Gasteiger partial charge >= 0.3 is 0 Å². The van der Waals surface area contributed by atoms with Crippen LogP contribution in [-0.2, 0) is 16.0 Å². The van der Waals surface area contributed by atoms with Crippen LogP contribution >= 0.6 is 0 Å². The van der Waals surface area contributed by atoms with Crippen molar-refractivity contribution in [2.24, 2.45) is 5.73 Å². The number of rotatable bonds is 8. The number of benzene rings is 1. The smallest absolute Gasteiger partial charge is 0.239 e. The maximum absolute atomic E-state index is 11.6. The third kappa shape index (κ3) is 4.71.